The molecule has 3 amide bonds. The summed E-state index contributed by atoms with van der Waals surface area (Å²) in [4.78, 5) is 37.2. The van der Waals surface area contributed by atoms with Gasteiger partial charge in [-0.2, -0.15) is 0 Å². The molecule has 0 saturated carbocycles. The van der Waals surface area contributed by atoms with Gasteiger partial charge in [0, 0.05) is 25.1 Å². The highest BCUT2D eigenvalue weighted by molar-refractivity contribution is 6.03. The van der Waals surface area contributed by atoms with E-state index in [9.17, 15) is 14.4 Å². The Kier molecular flexibility index (Phi) is 7.75. The minimum absolute atomic E-state index is 0.0941. The largest absolute Gasteiger partial charge is 0.352 e. The lowest BCUT2D eigenvalue weighted by atomic mass is 10.1. The zero-order valence-electron chi connectivity index (χ0n) is 18.3. The fourth-order valence-corrected chi connectivity index (χ4v) is 3.16. The normalized spacial score (nSPS) is 10.3. The maximum absolute atomic E-state index is 12.7. The predicted octanol–water partition coefficient (Wildman–Crippen LogP) is 3.99. The molecule has 0 radical (unpaired) electrons. The van der Waals surface area contributed by atoms with Gasteiger partial charge in [-0.15, -0.1) is 0 Å². The van der Waals surface area contributed by atoms with Gasteiger partial charge in [0.1, 0.15) is 0 Å². The van der Waals surface area contributed by atoms with Crippen LogP contribution >= 0.6 is 0 Å². The molecular formula is C26H27N3O3. The molecule has 0 heterocycles. The van der Waals surface area contributed by atoms with Crippen molar-refractivity contribution < 1.29 is 14.4 Å². The van der Waals surface area contributed by atoms with Crippen molar-refractivity contribution in [2.75, 3.05) is 11.9 Å². The summed E-state index contributed by atoms with van der Waals surface area (Å²) in [6.45, 7) is 4.51. The second-order valence-electron chi connectivity index (χ2n) is 7.64. The van der Waals surface area contributed by atoms with Crippen LogP contribution in [0.15, 0.2) is 72.8 Å². The Morgan fingerprint density at radius 1 is 0.750 bits per heavy atom. The van der Waals surface area contributed by atoms with E-state index in [2.05, 4.69) is 16.0 Å². The monoisotopic (exact) mass is 429 g/mol. The van der Waals surface area contributed by atoms with Gasteiger partial charge in [0.15, 0.2) is 0 Å². The molecule has 0 saturated heterocycles. The molecule has 0 atom stereocenters. The zero-order chi connectivity index (χ0) is 22.9. The van der Waals surface area contributed by atoms with Gasteiger partial charge in [-0.25, -0.2) is 0 Å². The number of amides is 3. The number of rotatable bonds is 8. The van der Waals surface area contributed by atoms with Crippen molar-refractivity contribution in [2.24, 2.45) is 0 Å². The Bertz CT molecular complexity index is 1110. The fourth-order valence-electron chi connectivity index (χ4n) is 3.16. The fraction of sp³-hybridized carbons (Fsp3) is 0.192. The Hall–Kier alpha value is -3.93. The first-order valence-corrected chi connectivity index (χ1v) is 10.5. The molecule has 0 aliphatic heterocycles. The van der Waals surface area contributed by atoms with Crippen molar-refractivity contribution >= 4 is 23.4 Å². The number of aryl methyl sites for hydroxylation is 2. The number of benzene rings is 3. The first-order valence-electron chi connectivity index (χ1n) is 10.5. The number of hydrogen-bond donors (Lipinski definition) is 3. The third kappa shape index (κ3) is 6.54. The standard InChI is InChI=1S/C26H27N3O3/c1-18-10-12-20(13-11-18)17-28-26(32)22-8-3-4-9-23(22)29-24(30)14-15-27-25(31)21-7-5-6-19(2)16-21/h3-13,16H,14-15,17H2,1-2H3,(H,27,31)(H,28,32)(H,29,30). The molecule has 3 rings (SSSR count). The van der Waals surface area contributed by atoms with E-state index < -0.39 is 0 Å². The molecular weight excluding hydrogens is 402 g/mol. The lowest BCUT2D eigenvalue weighted by Gasteiger charge is -2.12. The van der Waals surface area contributed by atoms with Gasteiger partial charge in [0.05, 0.1) is 11.3 Å². The molecule has 0 aromatic heterocycles. The first kappa shape index (κ1) is 22.7. The predicted molar refractivity (Wildman–Crippen MR) is 126 cm³/mol. The Balaban J connectivity index is 1.52. The van der Waals surface area contributed by atoms with Crippen LogP contribution in [0.5, 0.6) is 0 Å². The number of para-hydroxylation sites is 1. The summed E-state index contributed by atoms with van der Waals surface area (Å²) in [6.07, 6.45) is 0.0941. The Morgan fingerprint density at radius 2 is 1.50 bits per heavy atom. The van der Waals surface area contributed by atoms with Gasteiger partial charge >= 0.3 is 0 Å². The van der Waals surface area contributed by atoms with E-state index in [1.165, 1.54) is 0 Å². The molecule has 3 aromatic carbocycles. The van der Waals surface area contributed by atoms with Gasteiger partial charge < -0.3 is 16.0 Å². The van der Waals surface area contributed by atoms with E-state index >= 15 is 0 Å². The van der Waals surface area contributed by atoms with Gasteiger partial charge in [0.25, 0.3) is 11.8 Å². The molecule has 0 aliphatic rings. The topological polar surface area (TPSA) is 87.3 Å². The maximum Gasteiger partial charge on any atom is 0.253 e. The zero-order valence-corrected chi connectivity index (χ0v) is 18.3. The van der Waals surface area contributed by atoms with Crippen molar-refractivity contribution in [1.82, 2.24) is 10.6 Å². The van der Waals surface area contributed by atoms with E-state index in [1.807, 2.05) is 50.2 Å². The summed E-state index contributed by atoms with van der Waals surface area (Å²) in [5, 5.41) is 8.39. The molecule has 32 heavy (non-hydrogen) atoms. The van der Waals surface area contributed by atoms with E-state index in [-0.39, 0.29) is 30.7 Å². The quantitative estimate of drug-likeness (QED) is 0.506. The highest BCUT2D eigenvalue weighted by atomic mass is 16.2. The van der Waals surface area contributed by atoms with Crippen molar-refractivity contribution in [3.63, 3.8) is 0 Å². The van der Waals surface area contributed by atoms with Gasteiger partial charge in [-0.05, 0) is 43.7 Å². The second kappa shape index (κ2) is 10.9. The van der Waals surface area contributed by atoms with Crippen molar-refractivity contribution in [3.05, 3.63) is 101 Å². The van der Waals surface area contributed by atoms with Crippen molar-refractivity contribution in [1.29, 1.82) is 0 Å². The minimum atomic E-state index is -0.284. The van der Waals surface area contributed by atoms with Gasteiger partial charge in [0.2, 0.25) is 5.91 Å². The molecule has 0 spiro atoms. The van der Waals surface area contributed by atoms with Crippen molar-refractivity contribution in [2.45, 2.75) is 26.8 Å². The van der Waals surface area contributed by atoms with E-state index in [1.54, 1.807) is 36.4 Å². The van der Waals surface area contributed by atoms with Crippen LogP contribution in [0, 0.1) is 13.8 Å². The van der Waals surface area contributed by atoms with Crippen LogP contribution < -0.4 is 16.0 Å². The van der Waals surface area contributed by atoms with Crippen LogP contribution in [0.2, 0.25) is 0 Å². The molecule has 6 heteroatoms. The van der Waals surface area contributed by atoms with Crippen LogP contribution in [-0.2, 0) is 11.3 Å². The summed E-state index contributed by atoms with van der Waals surface area (Å²) in [7, 11) is 0. The molecule has 0 aliphatic carbocycles. The summed E-state index contributed by atoms with van der Waals surface area (Å²) >= 11 is 0. The number of anilines is 1. The molecule has 6 nitrogen and oxygen atoms in total. The lowest BCUT2D eigenvalue weighted by Crippen LogP contribution is -2.28. The van der Waals surface area contributed by atoms with Crippen LogP contribution in [0.1, 0.15) is 43.8 Å². The summed E-state index contributed by atoms with van der Waals surface area (Å²) in [5.74, 6) is -0.778. The molecule has 0 fully saturated rings. The molecule has 0 bridgehead atoms. The third-order valence-electron chi connectivity index (χ3n) is 4.94. The third-order valence-corrected chi connectivity index (χ3v) is 4.94. The van der Waals surface area contributed by atoms with Crippen molar-refractivity contribution in [3.8, 4) is 0 Å². The highest BCUT2D eigenvalue weighted by Crippen LogP contribution is 2.15. The number of nitrogens with one attached hydrogen (secondary N) is 3. The second-order valence-corrected chi connectivity index (χ2v) is 7.64. The number of hydrogen-bond acceptors (Lipinski definition) is 3. The highest BCUT2D eigenvalue weighted by Gasteiger charge is 2.13. The Morgan fingerprint density at radius 3 is 2.25 bits per heavy atom. The average Bonchev–Trinajstić information content (AvgIpc) is 2.79. The molecule has 0 unspecified atom stereocenters. The maximum atomic E-state index is 12.7. The number of carbonyl (C=O) groups excluding carboxylic acids is 3. The first-order chi connectivity index (χ1) is 15.4. The van der Waals surface area contributed by atoms with Gasteiger partial charge in [-0.1, -0.05) is 59.7 Å². The minimum Gasteiger partial charge on any atom is -0.352 e. The van der Waals surface area contributed by atoms with Crippen LogP contribution in [0.3, 0.4) is 0 Å². The smallest absolute Gasteiger partial charge is 0.253 e. The van der Waals surface area contributed by atoms with Gasteiger partial charge in [-0.3, -0.25) is 14.4 Å². The van der Waals surface area contributed by atoms with E-state index in [4.69, 9.17) is 0 Å². The Labute approximate surface area is 188 Å². The molecule has 3 aromatic rings. The summed E-state index contributed by atoms with van der Waals surface area (Å²) in [6, 6.07) is 22.0. The summed E-state index contributed by atoms with van der Waals surface area (Å²) < 4.78 is 0. The van der Waals surface area contributed by atoms with E-state index in [0.29, 0.717) is 23.4 Å². The van der Waals surface area contributed by atoms with Crippen LogP contribution in [0.4, 0.5) is 5.69 Å². The number of carbonyl (C=O) groups is 3. The molecule has 164 valence electrons. The average molecular weight is 430 g/mol. The SMILES string of the molecule is Cc1ccc(CNC(=O)c2ccccc2NC(=O)CCNC(=O)c2cccc(C)c2)cc1. The van der Waals surface area contributed by atoms with Crippen LogP contribution in [0.25, 0.3) is 0 Å². The summed E-state index contributed by atoms with van der Waals surface area (Å²) in [5.41, 5.74) is 4.52. The van der Waals surface area contributed by atoms with Crippen LogP contribution in [-0.4, -0.2) is 24.3 Å². The van der Waals surface area contributed by atoms with E-state index in [0.717, 1.165) is 16.7 Å². The lowest BCUT2D eigenvalue weighted by molar-refractivity contribution is -0.116. The molecule has 3 N–H and O–H groups in total.